The van der Waals surface area contributed by atoms with Crippen molar-refractivity contribution >= 4 is 32.5 Å². The molecule has 0 saturated carbocycles. The number of rotatable bonds is 7. The average Bonchev–Trinajstić information content (AvgIpc) is 2.46. The molecule has 0 spiro atoms. The van der Waals surface area contributed by atoms with Crippen molar-refractivity contribution in [3.63, 3.8) is 0 Å². The molecular weight excluding hydrogens is 390 g/mol. The summed E-state index contributed by atoms with van der Waals surface area (Å²) in [5.41, 5.74) is 0. The Balaban J connectivity index is -0.000000649. The summed E-state index contributed by atoms with van der Waals surface area (Å²) in [5.74, 6) is -5.01. The summed E-state index contributed by atoms with van der Waals surface area (Å²) in [4.78, 5) is 42.6. The topological polar surface area (TPSA) is 200 Å². The Morgan fingerprint density at radius 2 is 0.885 bits per heavy atom. The molecule has 0 saturated heterocycles. The van der Waals surface area contributed by atoms with E-state index in [2.05, 4.69) is 13.6 Å². The fraction of sp³-hybridized carbons (Fsp3) is 0.667. The molecule has 4 atom stereocenters. The van der Waals surface area contributed by atoms with E-state index in [0.29, 0.717) is 0 Å². The molecule has 0 fully saturated rings. The first kappa shape index (κ1) is 29.9. The van der Waals surface area contributed by atoms with E-state index in [0.717, 1.165) is 27.7 Å². The number of carbonyl (C=O) groups excluding carboxylic acids is 4. The smallest absolute Gasteiger partial charge is 0.547 e. The van der Waals surface area contributed by atoms with Gasteiger partial charge in [0, 0.05) is 0 Å². The quantitative estimate of drug-likeness (QED) is 0.229. The van der Waals surface area contributed by atoms with Crippen LogP contribution in [-0.4, -0.2) is 68.7 Å². The van der Waals surface area contributed by atoms with Crippen LogP contribution in [0.25, 0.3) is 0 Å². The molecule has 146 valence electrons. The Labute approximate surface area is 172 Å². The second-order valence-corrected chi connectivity index (χ2v) is 5.47. The molecule has 0 aromatic heterocycles. The summed E-state index contributed by atoms with van der Waals surface area (Å²) in [7, 11) is -2.80. The zero-order valence-electron chi connectivity index (χ0n) is 14.8. The zero-order valence-corrected chi connectivity index (χ0v) is 17.7. The molecule has 12 nitrogen and oxygen atoms in total. The van der Waals surface area contributed by atoms with Crippen LogP contribution in [0.3, 0.4) is 0 Å². The number of hydrogen-bond acceptors (Lipinski definition) is 12. The Kier molecular flexibility index (Phi) is 17.5. The summed E-state index contributed by atoms with van der Waals surface area (Å²) >= 11 is 0. The molecule has 26 heavy (non-hydrogen) atoms. The van der Waals surface area contributed by atoms with Gasteiger partial charge in [0.05, 0.1) is 12.1 Å². The molecular formula is C12H20NaO12P. The first-order chi connectivity index (χ1) is 11.3. The number of carbonyl (C=O) groups is 4. The van der Waals surface area contributed by atoms with Crippen molar-refractivity contribution in [1.82, 2.24) is 0 Å². The zero-order chi connectivity index (χ0) is 20.3. The minimum absolute atomic E-state index is 0. The van der Waals surface area contributed by atoms with Gasteiger partial charge < -0.3 is 43.9 Å². The Morgan fingerprint density at radius 1 is 0.692 bits per heavy atom. The van der Waals surface area contributed by atoms with E-state index in [1.54, 1.807) is 0 Å². The number of carboxylic acids is 1. The number of carboxylic acid groups (broad SMARTS) is 1. The van der Waals surface area contributed by atoms with Gasteiger partial charge in [-0.1, -0.05) is 0 Å². The van der Waals surface area contributed by atoms with Gasteiger partial charge in [-0.2, -0.15) is 0 Å². The molecule has 0 bridgehead atoms. The molecule has 0 radical (unpaired) electrons. The number of aliphatic hydroxyl groups is 4. The molecule has 0 amide bonds. The van der Waals surface area contributed by atoms with Gasteiger partial charge in [0.15, 0.2) is 0 Å². The summed E-state index contributed by atoms with van der Waals surface area (Å²) in [6.45, 7) is 4.39. The number of hydrogen-bond donors (Lipinski definition) is 4. The molecule has 0 rings (SSSR count). The van der Waals surface area contributed by atoms with E-state index in [9.17, 15) is 24.3 Å². The minimum atomic E-state index is -2.80. The maximum absolute atomic E-state index is 11.1. The minimum Gasteiger partial charge on any atom is -0.547 e. The fourth-order valence-corrected chi connectivity index (χ4v) is 1.52. The van der Waals surface area contributed by atoms with Gasteiger partial charge in [0.2, 0.25) is 0 Å². The second-order valence-electron chi connectivity index (χ2n) is 4.48. The average molecular weight is 410 g/mol. The largest absolute Gasteiger partial charge is 1.00 e. The van der Waals surface area contributed by atoms with Gasteiger partial charge in [-0.05, 0) is 27.7 Å². The van der Waals surface area contributed by atoms with Crippen LogP contribution in [0.5, 0.6) is 0 Å². The number of aliphatic carboxylic acids is 1. The third-order valence-electron chi connectivity index (χ3n) is 1.86. The van der Waals surface area contributed by atoms with Gasteiger partial charge in [-0.15, -0.1) is 0 Å². The van der Waals surface area contributed by atoms with E-state index < -0.39 is 56.9 Å². The van der Waals surface area contributed by atoms with Crippen molar-refractivity contribution in [2.75, 3.05) is 0 Å². The normalized spacial score (nSPS) is 15.4. The van der Waals surface area contributed by atoms with Crippen molar-refractivity contribution in [2.24, 2.45) is 0 Å². The summed E-state index contributed by atoms with van der Waals surface area (Å²) in [5, 5.41) is 44.0. The molecule has 4 N–H and O–H groups in total. The van der Waals surface area contributed by atoms with E-state index in [-0.39, 0.29) is 29.6 Å². The maximum atomic E-state index is 11.1. The van der Waals surface area contributed by atoms with Crippen molar-refractivity contribution < 1.29 is 87.8 Å². The van der Waals surface area contributed by atoms with Crippen molar-refractivity contribution in [3.8, 4) is 0 Å². The predicted molar refractivity (Wildman–Crippen MR) is 76.9 cm³/mol. The first-order valence-electron chi connectivity index (χ1n) is 6.68. The van der Waals surface area contributed by atoms with Crippen LogP contribution in [0.1, 0.15) is 27.7 Å². The molecule has 0 aliphatic carbocycles. The number of aliphatic hydroxyl groups excluding tert-OH is 4. The van der Waals surface area contributed by atoms with E-state index in [1.807, 2.05) is 0 Å². The van der Waals surface area contributed by atoms with Gasteiger partial charge in [0.25, 0.3) is 0 Å². The standard InChI is InChI=1S/C9H15O9P.C3H6O3.Na/c1-4(10)7(13)16-19(17-8(14)5(2)11)18-9(15)6(3)12;1-2(4)3(5)6;/h4-6,10-12H,1-3H3;2,4H,1H3,(H,5,6);/q;;+1/p-1. The Bertz CT molecular complexity index is 413. The summed E-state index contributed by atoms with van der Waals surface area (Å²) in [6, 6.07) is 0. The van der Waals surface area contributed by atoms with Crippen LogP contribution < -0.4 is 34.7 Å². The van der Waals surface area contributed by atoms with Crippen LogP contribution in [0.15, 0.2) is 0 Å². The maximum Gasteiger partial charge on any atom is 1.00 e. The molecule has 14 heteroatoms. The molecule has 4 unspecified atom stereocenters. The van der Waals surface area contributed by atoms with Crippen LogP contribution in [0, 0.1) is 0 Å². The third-order valence-corrected chi connectivity index (χ3v) is 2.85. The molecule has 0 aliphatic rings. The predicted octanol–water partition coefficient (Wildman–Crippen LogP) is -5.89. The monoisotopic (exact) mass is 410 g/mol. The molecule has 0 heterocycles. The van der Waals surface area contributed by atoms with Crippen molar-refractivity contribution in [1.29, 1.82) is 0 Å². The molecule has 0 aromatic rings. The van der Waals surface area contributed by atoms with Crippen molar-refractivity contribution in [3.05, 3.63) is 0 Å². The Morgan fingerprint density at radius 3 is 1.00 bits per heavy atom. The SMILES string of the molecule is CC(O)C(=O)OP(OC(=O)C(C)O)OC(=O)C(C)O.CC(O)C(=O)[O-].[Na+]. The summed E-state index contributed by atoms with van der Waals surface area (Å²) in [6.07, 6.45) is -5.92. The van der Waals surface area contributed by atoms with E-state index in [4.69, 9.17) is 20.4 Å². The molecule has 0 aromatic carbocycles. The summed E-state index contributed by atoms with van der Waals surface area (Å²) < 4.78 is 13.3. The van der Waals surface area contributed by atoms with Gasteiger partial charge in [-0.3, -0.25) is 0 Å². The van der Waals surface area contributed by atoms with Crippen LogP contribution in [0.2, 0.25) is 0 Å². The Hall–Kier alpha value is -0.850. The second kappa shape index (κ2) is 15.2. The third kappa shape index (κ3) is 15.4. The van der Waals surface area contributed by atoms with Crippen molar-refractivity contribution in [2.45, 2.75) is 52.1 Å². The van der Waals surface area contributed by atoms with Gasteiger partial charge in [-0.25, -0.2) is 14.4 Å². The van der Waals surface area contributed by atoms with Gasteiger partial charge in [0.1, 0.15) is 18.3 Å². The fourth-order valence-electron chi connectivity index (χ4n) is 0.505. The first-order valence-corrected chi connectivity index (χ1v) is 7.77. The van der Waals surface area contributed by atoms with Crippen LogP contribution in [-0.2, 0) is 32.7 Å². The molecule has 0 aliphatic heterocycles. The van der Waals surface area contributed by atoms with Crippen LogP contribution >= 0.6 is 8.60 Å². The van der Waals surface area contributed by atoms with E-state index in [1.165, 1.54) is 0 Å². The van der Waals surface area contributed by atoms with Crippen LogP contribution in [0.4, 0.5) is 0 Å². The van der Waals surface area contributed by atoms with E-state index >= 15 is 0 Å². The van der Waals surface area contributed by atoms with Gasteiger partial charge >= 0.3 is 56.1 Å².